The van der Waals surface area contributed by atoms with Crippen molar-refractivity contribution < 1.29 is 23.9 Å². The predicted octanol–water partition coefficient (Wildman–Crippen LogP) is 1.26. The van der Waals surface area contributed by atoms with Crippen molar-refractivity contribution >= 4 is 24.5 Å². The van der Waals surface area contributed by atoms with Crippen molar-refractivity contribution in [2.75, 3.05) is 0 Å². The maximum Gasteiger partial charge on any atom is 0.356 e. The van der Waals surface area contributed by atoms with Gasteiger partial charge in [0, 0.05) is 22.3 Å². The van der Waals surface area contributed by atoms with Gasteiger partial charge in [-0.15, -0.1) is 0 Å². The third kappa shape index (κ3) is 1.76. The highest BCUT2D eigenvalue weighted by molar-refractivity contribution is 7.60. The number of carbonyl (C=O) groups is 2. The van der Waals surface area contributed by atoms with Crippen LogP contribution in [0.2, 0.25) is 0 Å². The van der Waals surface area contributed by atoms with Gasteiger partial charge < -0.3 is 9.79 Å². The van der Waals surface area contributed by atoms with Gasteiger partial charge in [0.2, 0.25) is 0 Å². The van der Waals surface area contributed by atoms with Crippen molar-refractivity contribution in [1.82, 2.24) is 0 Å². The fraction of sp³-hybridized carbons (Fsp3) is 0. The Bertz CT molecular complexity index is 803. The first-order valence-electron chi connectivity index (χ1n) is 5.79. The third-order valence-corrected chi connectivity index (χ3v) is 4.24. The SMILES string of the molecule is O=C1c2ccccc2C(=O)c2c1cccc2P(=O)(O)O. The molecule has 0 heterocycles. The predicted molar refractivity (Wildman–Crippen MR) is 71.4 cm³/mol. The molecule has 1 aliphatic rings. The summed E-state index contributed by atoms with van der Waals surface area (Å²) in [4.78, 5) is 43.4. The Labute approximate surface area is 114 Å². The van der Waals surface area contributed by atoms with Crippen LogP contribution >= 0.6 is 7.60 Å². The Morgan fingerprint density at radius 3 is 1.90 bits per heavy atom. The van der Waals surface area contributed by atoms with Gasteiger partial charge in [0.25, 0.3) is 0 Å². The number of carbonyl (C=O) groups excluding carboxylic acids is 2. The molecule has 0 bridgehead atoms. The summed E-state index contributed by atoms with van der Waals surface area (Å²) < 4.78 is 11.5. The number of rotatable bonds is 1. The van der Waals surface area contributed by atoms with Crippen LogP contribution in [-0.4, -0.2) is 21.4 Å². The molecule has 0 fully saturated rings. The summed E-state index contributed by atoms with van der Waals surface area (Å²) in [6.45, 7) is 0. The number of benzene rings is 2. The van der Waals surface area contributed by atoms with Gasteiger partial charge in [0.1, 0.15) is 0 Å². The van der Waals surface area contributed by atoms with E-state index in [0.29, 0.717) is 0 Å². The van der Waals surface area contributed by atoms with Gasteiger partial charge in [-0.05, 0) is 6.07 Å². The Morgan fingerprint density at radius 2 is 1.30 bits per heavy atom. The first-order valence-corrected chi connectivity index (χ1v) is 7.40. The molecule has 0 aromatic heterocycles. The molecule has 1 aliphatic carbocycles. The van der Waals surface area contributed by atoms with Crippen LogP contribution in [0, 0.1) is 0 Å². The number of ketones is 2. The monoisotopic (exact) mass is 288 g/mol. The summed E-state index contributed by atoms with van der Waals surface area (Å²) in [5.74, 6) is -0.931. The molecule has 3 rings (SSSR count). The zero-order chi connectivity index (χ0) is 14.5. The molecule has 0 spiro atoms. The van der Waals surface area contributed by atoms with E-state index in [-0.39, 0.29) is 22.3 Å². The molecule has 0 radical (unpaired) electrons. The molecule has 100 valence electrons. The van der Waals surface area contributed by atoms with Crippen LogP contribution in [0.3, 0.4) is 0 Å². The van der Waals surface area contributed by atoms with Gasteiger partial charge in [0.15, 0.2) is 11.6 Å². The second-order valence-electron chi connectivity index (χ2n) is 4.45. The summed E-state index contributed by atoms with van der Waals surface area (Å²) in [7, 11) is -4.63. The molecule has 2 aromatic rings. The first kappa shape index (κ1) is 12.9. The molecule has 20 heavy (non-hydrogen) atoms. The third-order valence-electron chi connectivity index (χ3n) is 3.24. The molecule has 2 N–H and O–H groups in total. The molecular formula is C14H9O5P. The van der Waals surface area contributed by atoms with Crippen LogP contribution < -0.4 is 5.30 Å². The number of hydrogen-bond donors (Lipinski definition) is 2. The van der Waals surface area contributed by atoms with Gasteiger partial charge in [-0.3, -0.25) is 14.2 Å². The largest absolute Gasteiger partial charge is 0.356 e. The van der Waals surface area contributed by atoms with E-state index >= 15 is 0 Å². The lowest BCUT2D eigenvalue weighted by Crippen LogP contribution is -2.27. The summed E-state index contributed by atoms with van der Waals surface area (Å²) in [5.41, 5.74) is 0.276. The molecule has 2 aromatic carbocycles. The van der Waals surface area contributed by atoms with Crippen LogP contribution in [0.4, 0.5) is 0 Å². The van der Waals surface area contributed by atoms with Crippen molar-refractivity contribution in [3.05, 3.63) is 64.7 Å². The number of fused-ring (bicyclic) bond motifs is 2. The normalized spacial score (nSPS) is 13.9. The van der Waals surface area contributed by atoms with E-state index in [1.165, 1.54) is 30.3 Å². The van der Waals surface area contributed by atoms with Crippen LogP contribution in [0.5, 0.6) is 0 Å². The lowest BCUT2D eigenvalue weighted by Gasteiger charge is -2.20. The minimum Gasteiger partial charge on any atom is -0.321 e. The smallest absolute Gasteiger partial charge is 0.321 e. The highest BCUT2D eigenvalue weighted by Crippen LogP contribution is 2.38. The highest BCUT2D eigenvalue weighted by Gasteiger charge is 2.35. The molecule has 6 heteroatoms. The van der Waals surface area contributed by atoms with E-state index in [1.807, 2.05) is 0 Å². The van der Waals surface area contributed by atoms with Crippen molar-refractivity contribution in [2.24, 2.45) is 0 Å². The van der Waals surface area contributed by atoms with Crippen LogP contribution in [0.1, 0.15) is 31.8 Å². The van der Waals surface area contributed by atoms with E-state index in [4.69, 9.17) is 0 Å². The molecular weight excluding hydrogens is 279 g/mol. The van der Waals surface area contributed by atoms with Crippen LogP contribution in [0.25, 0.3) is 0 Å². The molecule has 0 aliphatic heterocycles. The standard InChI is InChI=1S/C14H9O5P/c15-13-8-4-1-2-5-9(8)14(16)12-10(13)6-3-7-11(12)20(17,18)19/h1-7H,(H2,17,18,19). The van der Waals surface area contributed by atoms with Gasteiger partial charge in [-0.2, -0.15) is 0 Å². The summed E-state index contributed by atoms with van der Waals surface area (Å²) in [6.07, 6.45) is 0. The van der Waals surface area contributed by atoms with Gasteiger partial charge >= 0.3 is 7.60 Å². The zero-order valence-electron chi connectivity index (χ0n) is 10.1. The van der Waals surface area contributed by atoms with Crippen LogP contribution in [-0.2, 0) is 4.57 Å². The second kappa shape index (κ2) is 4.21. The topological polar surface area (TPSA) is 91.7 Å². The molecule has 5 nitrogen and oxygen atoms in total. The zero-order valence-corrected chi connectivity index (χ0v) is 11.0. The lowest BCUT2D eigenvalue weighted by atomic mass is 9.84. The molecule has 0 unspecified atom stereocenters. The van der Waals surface area contributed by atoms with E-state index in [2.05, 4.69) is 0 Å². The quantitative estimate of drug-likeness (QED) is 0.658. The highest BCUT2D eigenvalue weighted by atomic mass is 31.2. The summed E-state index contributed by atoms with van der Waals surface area (Å²) >= 11 is 0. The van der Waals surface area contributed by atoms with Gasteiger partial charge in [-0.25, -0.2) is 0 Å². The molecule has 0 amide bonds. The number of hydrogen-bond acceptors (Lipinski definition) is 3. The Balaban J connectivity index is 2.37. The average Bonchev–Trinajstić information content (AvgIpc) is 2.43. The Kier molecular flexibility index (Phi) is 2.73. The minimum atomic E-state index is -4.63. The molecule has 0 saturated heterocycles. The van der Waals surface area contributed by atoms with Crippen molar-refractivity contribution in [1.29, 1.82) is 0 Å². The fourth-order valence-corrected chi connectivity index (χ4v) is 3.16. The lowest BCUT2D eigenvalue weighted by molar-refractivity contribution is 0.0980. The van der Waals surface area contributed by atoms with E-state index in [0.717, 1.165) is 0 Å². The van der Waals surface area contributed by atoms with Crippen molar-refractivity contribution in [3.63, 3.8) is 0 Å². The minimum absolute atomic E-state index is 0.0366. The van der Waals surface area contributed by atoms with Crippen LogP contribution in [0.15, 0.2) is 42.5 Å². The van der Waals surface area contributed by atoms with Gasteiger partial charge in [0.05, 0.1) is 5.30 Å². The van der Waals surface area contributed by atoms with Crippen molar-refractivity contribution in [3.8, 4) is 0 Å². The molecule has 0 atom stereocenters. The van der Waals surface area contributed by atoms with E-state index < -0.39 is 24.5 Å². The molecule has 0 saturated carbocycles. The maximum atomic E-state index is 12.4. The first-order chi connectivity index (χ1) is 9.41. The van der Waals surface area contributed by atoms with E-state index in [1.54, 1.807) is 12.1 Å². The van der Waals surface area contributed by atoms with Gasteiger partial charge in [-0.1, -0.05) is 36.4 Å². The average molecular weight is 288 g/mol. The second-order valence-corrected chi connectivity index (χ2v) is 6.02. The summed E-state index contributed by atoms with van der Waals surface area (Å²) in [6, 6.07) is 10.2. The van der Waals surface area contributed by atoms with E-state index in [9.17, 15) is 23.9 Å². The maximum absolute atomic E-state index is 12.4. The fourth-order valence-electron chi connectivity index (χ4n) is 2.37. The Morgan fingerprint density at radius 1 is 0.750 bits per heavy atom. The summed E-state index contributed by atoms with van der Waals surface area (Å²) in [5, 5.41) is -0.400. The Hall–Kier alpha value is -2.07. The van der Waals surface area contributed by atoms with Crippen molar-refractivity contribution in [2.45, 2.75) is 0 Å².